The van der Waals surface area contributed by atoms with E-state index in [1.165, 1.54) is 0 Å². The number of carbonyl (C=O) groups is 1. The Labute approximate surface area is 126 Å². The molecule has 0 aliphatic carbocycles. The van der Waals surface area contributed by atoms with Crippen molar-refractivity contribution >= 4 is 5.91 Å². The molecule has 1 aromatic carbocycles. The van der Waals surface area contributed by atoms with E-state index in [0.29, 0.717) is 19.5 Å². The van der Waals surface area contributed by atoms with Gasteiger partial charge in [-0.3, -0.25) is 4.79 Å². The number of hydrogen-bond acceptors (Lipinski definition) is 2. The fourth-order valence-electron chi connectivity index (χ4n) is 2.19. The summed E-state index contributed by atoms with van der Waals surface area (Å²) in [6.45, 7) is 7.36. The zero-order valence-electron chi connectivity index (χ0n) is 13.0. The first-order chi connectivity index (χ1) is 9.94. The van der Waals surface area contributed by atoms with Crippen LogP contribution in [0.5, 0.6) is 0 Å². The molecule has 112 valence electrons. The fraction of sp³-hybridized carbons (Fsp3) is 0.389. The highest BCUT2D eigenvalue weighted by molar-refractivity contribution is 5.76. The third kappa shape index (κ3) is 5.10. The molecule has 2 aromatic rings. The van der Waals surface area contributed by atoms with Gasteiger partial charge in [-0.25, -0.2) is 0 Å². The molecule has 1 amide bonds. The molecule has 3 heteroatoms. The lowest BCUT2D eigenvalue weighted by atomic mass is 9.91. The van der Waals surface area contributed by atoms with E-state index in [2.05, 4.69) is 20.8 Å². The molecular formula is C18H23NO2. The average Bonchev–Trinajstić information content (AvgIpc) is 2.90. The summed E-state index contributed by atoms with van der Waals surface area (Å²) in [5.41, 5.74) is 1.11. The van der Waals surface area contributed by atoms with Gasteiger partial charge in [0.1, 0.15) is 5.76 Å². The van der Waals surface area contributed by atoms with Crippen LogP contribution >= 0.6 is 0 Å². The molecule has 1 aromatic heterocycles. The molecule has 2 rings (SSSR count). The Balaban J connectivity index is 2.11. The summed E-state index contributed by atoms with van der Waals surface area (Å²) in [5, 5.41) is 0. The lowest BCUT2D eigenvalue weighted by molar-refractivity contribution is -0.134. The first-order valence-electron chi connectivity index (χ1n) is 7.28. The van der Waals surface area contributed by atoms with Gasteiger partial charge in [-0.2, -0.15) is 0 Å². The lowest BCUT2D eigenvalue weighted by Gasteiger charge is -2.26. The van der Waals surface area contributed by atoms with Crippen LogP contribution in [0.25, 0.3) is 0 Å². The molecule has 0 spiro atoms. The molecule has 1 heterocycles. The van der Waals surface area contributed by atoms with Crippen molar-refractivity contribution in [2.75, 3.05) is 0 Å². The smallest absolute Gasteiger partial charge is 0.223 e. The Morgan fingerprint density at radius 3 is 2.33 bits per heavy atom. The second kappa shape index (κ2) is 6.61. The molecule has 0 aliphatic rings. The van der Waals surface area contributed by atoms with E-state index < -0.39 is 0 Å². The third-order valence-electron chi connectivity index (χ3n) is 3.18. The van der Waals surface area contributed by atoms with Crippen LogP contribution in [0.15, 0.2) is 53.1 Å². The van der Waals surface area contributed by atoms with Gasteiger partial charge in [-0.15, -0.1) is 0 Å². The van der Waals surface area contributed by atoms with Crippen LogP contribution in [0.1, 0.15) is 38.5 Å². The van der Waals surface area contributed by atoms with Gasteiger partial charge in [0.05, 0.1) is 12.8 Å². The summed E-state index contributed by atoms with van der Waals surface area (Å²) in [4.78, 5) is 14.4. The van der Waals surface area contributed by atoms with Crippen LogP contribution in [0.2, 0.25) is 0 Å². The van der Waals surface area contributed by atoms with Crippen molar-refractivity contribution in [1.82, 2.24) is 4.90 Å². The maximum Gasteiger partial charge on any atom is 0.223 e. The predicted octanol–water partition coefficient (Wildman–Crippen LogP) is 4.24. The number of nitrogens with zero attached hydrogens (tertiary/aromatic N) is 1. The standard InChI is InChI=1S/C18H23NO2/c1-18(2,3)12-17(20)19(14-16-10-7-11-21-16)13-15-8-5-4-6-9-15/h4-11H,12-14H2,1-3H3. The summed E-state index contributed by atoms with van der Waals surface area (Å²) in [6, 6.07) is 13.8. The van der Waals surface area contributed by atoms with Crippen LogP contribution in [0.4, 0.5) is 0 Å². The minimum Gasteiger partial charge on any atom is -0.467 e. The average molecular weight is 285 g/mol. The Kier molecular flexibility index (Phi) is 4.84. The maximum absolute atomic E-state index is 12.6. The highest BCUT2D eigenvalue weighted by atomic mass is 16.3. The number of furan rings is 1. The van der Waals surface area contributed by atoms with Gasteiger partial charge in [0, 0.05) is 13.0 Å². The van der Waals surface area contributed by atoms with Gasteiger partial charge >= 0.3 is 0 Å². The Morgan fingerprint density at radius 2 is 1.76 bits per heavy atom. The van der Waals surface area contributed by atoms with Crippen molar-refractivity contribution in [2.24, 2.45) is 5.41 Å². The summed E-state index contributed by atoms with van der Waals surface area (Å²) in [5.74, 6) is 0.968. The van der Waals surface area contributed by atoms with E-state index in [1.54, 1.807) is 6.26 Å². The number of hydrogen-bond donors (Lipinski definition) is 0. The first kappa shape index (κ1) is 15.4. The normalized spacial score (nSPS) is 11.4. The maximum atomic E-state index is 12.6. The van der Waals surface area contributed by atoms with Crippen LogP contribution in [0.3, 0.4) is 0 Å². The minimum atomic E-state index is -0.0187. The van der Waals surface area contributed by atoms with Crippen molar-refractivity contribution in [3.05, 3.63) is 60.1 Å². The van der Waals surface area contributed by atoms with E-state index in [-0.39, 0.29) is 11.3 Å². The number of carbonyl (C=O) groups excluding carboxylic acids is 1. The number of amides is 1. The van der Waals surface area contributed by atoms with Gasteiger partial charge in [0.15, 0.2) is 0 Å². The van der Waals surface area contributed by atoms with Crippen LogP contribution in [-0.2, 0) is 17.9 Å². The van der Waals surface area contributed by atoms with Crippen molar-refractivity contribution < 1.29 is 9.21 Å². The van der Waals surface area contributed by atoms with Crippen LogP contribution < -0.4 is 0 Å². The quantitative estimate of drug-likeness (QED) is 0.823. The van der Waals surface area contributed by atoms with Gasteiger partial charge in [0.25, 0.3) is 0 Å². The zero-order valence-corrected chi connectivity index (χ0v) is 13.0. The molecule has 0 atom stereocenters. The summed E-state index contributed by atoms with van der Waals surface area (Å²) in [7, 11) is 0. The van der Waals surface area contributed by atoms with E-state index in [1.807, 2.05) is 47.4 Å². The largest absolute Gasteiger partial charge is 0.467 e. The molecule has 0 fully saturated rings. The molecular weight excluding hydrogens is 262 g/mol. The molecule has 0 radical (unpaired) electrons. The van der Waals surface area contributed by atoms with E-state index in [9.17, 15) is 4.79 Å². The minimum absolute atomic E-state index is 0.0187. The first-order valence-corrected chi connectivity index (χ1v) is 7.28. The topological polar surface area (TPSA) is 33.5 Å². The van der Waals surface area contributed by atoms with Crippen molar-refractivity contribution in [1.29, 1.82) is 0 Å². The SMILES string of the molecule is CC(C)(C)CC(=O)N(Cc1ccccc1)Cc1ccco1. The molecule has 3 nitrogen and oxygen atoms in total. The Hall–Kier alpha value is -2.03. The van der Waals surface area contributed by atoms with Gasteiger partial charge < -0.3 is 9.32 Å². The summed E-state index contributed by atoms with van der Waals surface area (Å²) >= 11 is 0. The van der Waals surface area contributed by atoms with Crippen molar-refractivity contribution in [2.45, 2.75) is 40.3 Å². The monoisotopic (exact) mass is 285 g/mol. The molecule has 0 N–H and O–H groups in total. The highest BCUT2D eigenvalue weighted by Gasteiger charge is 2.22. The van der Waals surface area contributed by atoms with Gasteiger partial charge in [0.2, 0.25) is 5.91 Å². The Bertz CT molecular complexity index is 553. The van der Waals surface area contributed by atoms with Crippen LogP contribution in [0, 0.1) is 5.41 Å². The lowest BCUT2D eigenvalue weighted by Crippen LogP contribution is -2.32. The van der Waals surface area contributed by atoms with E-state index >= 15 is 0 Å². The van der Waals surface area contributed by atoms with E-state index in [4.69, 9.17) is 4.42 Å². The predicted molar refractivity (Wildman–Crippen MR) is 83.5 cm³/mol. The zero-order chi connectivity index (χ0) is 15.3. The van der Waals surface area contributed by atoms with Gasteiger partial charge in [-0.05, 0) is 23.1 Å². The highest BCUT2D eigenvalue weighted by Crippen LogP contribution is 2.22. The van der Waals surface area contributed by atoms with Crippen molar-refractivity contribution in [3.63, 3.8) is 0 Å². The molecule has 21 heavy (non-hydrogen) atoms. The third-order valence-corrected chi connectivity index (χ3v) is 3.18. The fourth-order valence-corrected chi connectivity index (χ4v) is 2.19. The number of rotatable bonds is 5. The van der Waals surface area contributed by atoms with E-state index in [0.717, 1.165) is 11.3 Å². The Morgan fingerprint density at radius 1 is 1.05 bits per heavy atom. The summed E-state index contributed by atoms with van der Waals surface area (Å²) < 4.78 is 5.39. The molecule has 0 bridgehead atoms. The molecule has 0 saturated carbocycles. The number of benzene rings is 1. The van der Waals surface area contributed by atoms with Crippen LogP contribution in [-0.4, -0.2) is 10.8 Å². The van der Waals surface area contributed by atoms with Crippen molar-refractivity contribution in [3.8, 4) is 0 Å². The molecule has 0 unspecified atom stereocenters. The summed E-state index contributed by atoms with van der Waals surface area (Å²) in [6.07, 6.45) is 2.17. The molecule has 0 saturated heterocycles. The second-order valence-corrected chi connectivity index (χ2v) is 6.55. The second-order valence-electron chi connectivity index (χ2n) is 6.55. The van der Waals surface area contributed by atoms with Gasteiger partial charge in [-0.1, -0.05) is 51.1 Å². The molecule has 0 aliphatic heterocycles.